The predicted molar refractivity (Wildman–Crippen MR) is 181 cm³/mol. The molecule has 8 nitrogen and oxygen atoms in total. The number of imidazole rings is 1. The molecule has 0 bridgehead atoms. The molecule has 45 heavy (non-hydrogen) atoms. The molecule has 0 aliphatic rings. The molecule has 0 saturated carbocycles. The molecular formula is C37H44N4O4. The second-order valence-corrected chi connectivity index (χ2v) is 11.1. The summed E-state index contributed by atoms with van der Waals surface area (Å²) in [5.74, 6) is -0.173. The van der Waals surface area contributed by atoms with Gasteiger partial charge in [-0.1, -0.05) is 63.1 Å². The molecule has 0 fully saturated rings. The third kappa shape index (κ3) is 9.08. The number of aromatic carboxylic acids is 1. The van der Waals surface area contributed by atoms with Gasteiger partial charge in [-0.25, -0.2) is 9.78 Å². The minimum Gasteiger partial charge on any atom is -0.490 e. The number of allylic oxidation sites excluding steroid dienone is 5. The van der Waals surface area contributed by atoms with Gasteiger partial charge in [0.05, 0.1) is 23.1 Å². The van der Waals surface area contributed by atoms with Crippen LogP contribution in [0.15, 0.2) is 97.6 Å². The van der Waals surface area contributed by atoms with Gasteiger partial charge >= 0.3 is 5.97 Å². The number of aromatic nitrogens is 3. The van der Waals surface area contributed by atoms with Crippen molar-refractivity contribution in [3.8, 4) is 17.0 Å². The average molecular weight is 609 g/mol. The van der Waals surface area contributed by atoms with Gasteiger partial charge in [0.25, 0.3) is 0 Å². The number of benzene rings is 2. The van der Waals surface area contributed by atoms with Crippen LogP contribution in [0.2, 0.25) is 0 Å². The molecule has 0 aliphatic heterocycles. The molecule has 1 atom stereocenters. The highest BCUT2D eigenvalue weighted by molar-refractivity contribution is 5.99. The summed E-state index contributed by atoms with van der Waals surface area (Å²) in [6, 6.07) is 13.2. The Hall–Kier alpha value is -4.85. The second kappa shape index (κ2) is 16.9. The fourth-order valence-electron chi connectivity index (χ4n) is 5.47. The van der Waals surface area contributed by atoms with E-state index in [-0.39, 0.29) is 23.9 Å². The summed E-state index contributed by atoms with van der Waals surface area (Å²) in [4.78, 5) is 29.4. The lowest BCUT2D eigenvalue weighted by Gasteiger charge is -2.17. The van der Waals surface area contributed by atoms with Crippen molar-refractivity contribution in [2.24, 2.45) is 0 Å². The predicted octanol–water partition coefficient (Wildman–Crippen LogP) is 7.77. The van der Waals surface area contributed by atoms with Crippen molar-refractivity contribution in [3.05, 3.63) is 109 Å². The van der Waals surface area contributed by atoms with Crippen LogP contribution < -0.4 is 10.1 Å². The lowest BCUT2D eigenvalue weighted by Crippen LogP contribution is -2.29. The number of carbonyl (C=O) groups excluding carboxylic acids is 1. The average Bonchev–Trinajstić information content (AvgIpc) is 3.68. The van der Waals surface area contributed by atoms with Crippen molar-refractivity contribution >= 4 is 22.8 Å². The van der Waals surface area contributed by atoms with E-state index in [2.05, 4.69) is 24.1 Å². The largest absolute Gasteiger partial charge is 0.490 e. The first-order chi connectivity index (χ1) is 21.9. The molecule has 2 heterocycles. The first-order valence-corrected chi connectivity index (χ1v) is 15.7. The van der Waals surface area contributed by atoms with Gasteiger partial charge in [0, 0.05) is 30.9 Å². The molecule has 4 aromatic rings. The zero-order valence-electron chi connectivity index (χ0n) is 26.5. The Bertz CT molecular complexity index is 1630. The van der Waals surface area contributed by atoms with E-state index < -0.39 is 5.97 Å². The van der Waals surface area contributed by atoms with E-state index in [1.165, 1.54) is 0 Å². The van der Waals surface area contributed by atoms with Crippen LogP contribution in [-0.2, 0) is 17.9 Å². The van der Waals surface area contributed by atoms with Crippen molar-refractivity contribution < 1.29 is 19.4 Å². The minimum atomic E-state index is -0.997. The molecule has 0 saturated heterocycles. The molecule has 0 spiro atoms. The topological polar surface area (TPSA) is 98.4 Å². The van der Waals surface area contributed by atoms with E-state index in [4.69, 9.17) is 4.74 Å². The van der Waals surface area contributed by atoms with Crippen LogP contribution in [-0.4, -0.2) is 44.3 Å². The van der Waals surface area contributed by atoms with Crippen molar-refractivity contribution in [2.75, 3.05) is 13.2 Å². The zero-order chi connectivity index (χ0) is 32.0. The Morgan fingerprint density at radius 1 is 1.07 bits per heavy atom. The van der Waals surface area contributed by atoms with Crippen molar-refractivity contribution in [2.45, 2.75) is 65.5 Å². The summed E-state index contributed by atoms with van der Waals surface area (Å²) in [6.45, 7) is 8.17. The van der Waals surface area contributed by atoms with Gasteiger partial charge < -0.3 is 24.3 Å². The Balaban J connectivity index is 1.66. The van der Waals surface area contributed by atoms with Crippen LogP contribution in [0, 0.1) is 0 Å². The number of ether oxygens (including phenoxy) is 1. The number of nitrogens with zero attached hydrogens (tertiary/aromatic N) is 3. The van der Waals surface area contributed by atoms with Crippen molar-refractivity contribution in [1.29, 1.82) is 0 Å². The number of carbonyl (C=O) groups is 2. The number of amides is 1. The third-order valence-corrected chi connectivity index (χ3v) is 7.75. The molecule has 1 unspecified atom stereocenters. The molecule has 8 heteroatoms. The van der Waals surface area contributed by atoms with E-state index >= 15 is 0 Å². The number of fused-ring (bicyclic) bond motifs is 1. The molecule has 2 N–H and O–H groups in total. The standard InChI is InChI=1S/C37H44N4O4/c1-4-6-8-9-10-11-24-45-31-17-14-29(15-18-31)36-35(28(3)13-7-5-2)32-19-16-30(37(43)44)25-33(32)41(36)26-34(42)39-20-12-22-40-23-21-38-27-40/h4,6,8-11,14-19,21,23,25,27-28H,5,7,12-13,20,22,24,26H2,1-3H3,(H,39,42)(H,43,44)/b6-4-,9-8-,11-10+. The molecule has 236 valence electrons. The van der Waals surface area contributed by atoms with Crippen LogP contribution in [0.4, 0.5) is 0 Å². The number of rotatable bonds is 17. The summed E-state index contributed by atoms with van der Waals surface area (Å²) >= 11 is 0. The summed E-state index contributed by atoms with van der Waals surface area (Å²) in [6.07, 6.45) is 21.1. The normalized spacial score (nSPS) is 12.5. The molecular weight excluding hydrogens is 564 g/mol. The van der Waals surface area contributed by atoms with Gasteiger partial charge in [0.1, 0.15) is 18.9 Å². The van der Waals surface area contributed by atoms with Crippen LogP contribution in [0.25, 0.3) is 22.2 Å². The number of aryl methyl sites for hydroxylation is 1. The van der Waals surface area contributed by atoms with Gasteiger partial charge in [-0.2, -0.15) is 0 Å². The van der Waals surface area contributed by atoms with E-state index in [0.717, 1.165) is 65.7 Å². The van der Waals surface area contributed by atoms with Gasteiger partial charge in [-0.15, -0.1) is 0 Å². The van der Waals surface area contributed by atoms with E-state index in [0.29, 0.717) is 13.2 Å². The molecule has 0 aliphatic carbocycles. The summed E-state index contributed by atoms with van der Waals surface area (Å²) in [5, 5.41) is 13.8. The first-order valence-electron chi connectivity index (χ1n) is 15.7. The van der Waals surface area contributed by atoms with Crippen LogP contribution in [0.1, 0.15) is 68.3 Å². The summed E-state index contributed by atoms with van der Waals surface area (Å²) in [5.41, 5.74) is 3.96. The van der Waals surface area contributed by atoms with E-state index in [1.807, 2.05) is 89.0 Å². The maximum Gasteiger partial charge on any atom is 0.335 e. The number of carboxylic acids is 1. The molecule has 4 rings (SSSR count). The third-order valence-electron chi connectivity index (χ3n) is 7.75. The maximum atomic E-state index is 13.4. The summed E-state index contributed by atoms with van der Waals surface area (Å²) in [7, 11) is 0. The number of hydrogen-bond acceptors (Lipinski definition) is 4. The highest BCUT2D eigenvalue weighted by Gasteiger charge is 2.24. The Kier molecular flexibility index (Phi) is 12.4. The van der Waals surface area contributed by atoms with Crippen molar-refractivity contribution in [3.63, 3.8) is 0 Å². The maximum absolute atomic E-state index is 13.4. The molecule has 0 radical (unpaired) electrons. The zero-order valence-corrected chi connectivity index (χ0v) is 26.5. The van der Waals surface area contributed by atoms with Gasteiger partial charge in [0.15, 0.2) is 0 Å². The SMILES string of the molecule is C\C=C/C=C\C=C\COc1ccc(-c2c(C(C)CCCC)c3ccc(C(=O)O)cc3n2CC(=O)NCCCn2ccnc2)cc1. The van der Waals surface area contributed by atoms with Crippen LogP contribution in [0.3, 0.4) is 0 Å². The number of carboxylic acid groups (broad SMARTS) is 1. The fraction of sp³-hybridized carbons (Fsp3) is 0.324. The van der Waals surface area contributed by atoms with Crippen LogP contribution in [0.5, 0.6) is 5.75 Å². The minimum absolute atomic E-state index is 0.0737. The lowest BCUT2D eigenvalue weighted by atomic mass is 9.90. The van der Waals surface area contributed by atoms with Gasteiger partial charge in [-0.05, 0) is 79.3 Å². The van der Waals surface area contributed by atoms with Crippen molar-refractivity contribution in [1.82, 2.24) is 19.4 Å². The summed E-state index contributed by atoms with van der Waals surface area (Å²) < 4.78 is 9.90. The van der Waals surface area contributed by atoms with Gasteiger partial charge in [-0.3, -0.25) is 4.79 Å². The van der Waals surface area contributed by atoms with E-state index in [9.17, 15) is 14.7 Å². The first kappa shape index (κ1) is 33.1. The Morgan fingerprint density at radius 2 is 1.87 bits per heavy atom. The number of nitrogens with one attached hydrogen (secondary N) is 1. The molecule has 2 aromatic carbocycles. The quantitative estimate of drug-likeness (QED) is 0.0943. The Morgan fingerprint density at radius 3 is 2.58 bits per heavy atom. The monoisotopic (exact) mass is 608 g/mol. The Labute approximate surface area is 265 Å². The molecule has 2 aromatic heterocycles. The number of unbranched alkanes of at least 4 members (excludes halogenated alkanes) is 1. The lowest BCUT2D eigenvalue weighted by molar-refractivity contribution is -0.121. The fourth-order valence-corrected chi connectivity index (χ4v) is 5.47. The highest BCUT2D eigenvalue weighted by Crippen LogP contribution is 2.41. The molecule has 1 amide bonds. The number of hydrogen-bond donors (Lipinski definition) is 2. The smallest absolute Gasteiger partial charge is 0.335 e. The highest BCUT2D eigenvalue weighted by atomic mass is 16.5. The van der Waals surface area contributed by atoms with Gasteiger partial charge in [0.2, 0.25) is 5.91 Å². The second-order valence-electron chi connectivity index (χ2n) is 11.1. The van der Waals surface area contributed by atoms with Crippen LogP contribution >= 0.6 is 0 Å². The van der Waals surface area contributed by atoms with E-state index in [1.54, 1.807) is 24.7 Å².